The molecule has 0 radical (unpaired) electrons. The van der Waals surface area contributed by atoms with E-state index in [1.54, 1.807) is 24.5 Å². The van der Waals surface area contributed by atoms with E-state index < -0.39 is 12.8 Å². The zero-order valence-electron chi connectivity index (χ0n) is 12.2. The number of alkyl halides is 3. The van der Waals surface area contributed by atoms with Crippen molar-refractivity contribution >= 4 is 5.91 Å². The molecule has 8 heteroatoms. The molecule has 0 saturated heterocycles. The minimum atomic E-state index is -4.43. The van der Waals surface area contributed by atoms with E-state index in [0.29, 0.717) is 0 Å². The van der Waals surface area contributed by atoms with Crippen LogP contribution in [0.15, 0.2) is 42.9 Å². The van der Waals surface area contributed by atoms with Crippen molar-refractivity contribution < 1.29 is 22.7 Å². The Morgan fingerprint density at radius 3 is 2.52 bits per heavy atom. The van der Waals surface area contributed by atoms with E-state index in [0.717, 1.165) is 5.56 Å². The molecular weight excluding hydrogens is 311 g/mol. The third-order valence-electron chi connectivity index (χ3n) is 2.94. The zero-order chi connectivity index (χ0) is 16.9. The van der Waals surface area contributed by atoms with Gasteiger partial charge in [0.25, 0.3) is 5.91 Å². The summed E-state index contributed by atoms with van der Waals surface area (Å²) in [6.07, 6.45) is -0.0311. The highest BCUT2D eigenvalue weighted by Crippen LogP contribution is 2.17. The second-order valence-corrected chi connectivity index (χ2v) is 4.76. The summed E-state index contributed by atoms with van der Waals surface area (Å²) < 4.78 is 40.6. The zero-order valence-corrected chi connectivity index (χ0v) is 12.2. The van der Waals surface area contributed by atoms with Gasteiger partial charge in [-0.15, -0.1) is 0 Å². The lowest BCUT2D eigenvalue weighted by atomic mass is 10.1. The Morgan fingerprint density at radius 2 is 1.96 bits per heavy atom. The van der Waals surface area contributed by atoms with Crippen LogP contribution in [0.25, 0.3) is 0 Å². The van der Waals surface area contributed by atoms with Gasteiger partial charge in [-0.05, 0) is 30.7 Å². The average Bonchev–Trinajstić information content (AvgIpc) is 2.53. The van der Waals surface area contributed by atoms with Gasteiger partial charge in [-0.3, -0.25) is 9.78 Å². The quantitative estimate of drug-likeness (QED) is 0.918. The number of ether oxygens (including phenoxy) is 1. The summed E-state index contributed by atoms with van der Waals surface area (Å²) in [4.78, 5) is 19.7. The molecule has 2 aromatic heterocycles. The van der Waals surface area contributed by atoms with Crippen LogP contribution in [0.4, 0.5) is 13.2 Å². The fourth-order valence-corrected chi connectivity index (χ4v) is 1.77. The number of rotatable bonds is 5. The van der Waals surface area contributed by atoms with Crippen molar-refractivity contribution in [3.63, 3.8) is 0 Å². The Balaban J connectivity index is 1.95. The largest absolute Gasteiger partial charge is 0.468 e. The molecule has 1 amide bonds. The number of pyridine rings is 2. The summed E-state index contributed by atoms with van der Waals surface area (Å²) in [5, 5.41) is 2.76. The molecule has 2 heterocycles. The minimum Gasteiger partial charge on any atom is -0.468 e. The summed E-state index contributed by atoms with van der Waals surface area (Å²) >= 11 is 0. The lowest BCUT2D eigenvalue weighted by Gasteiger charge is -2.14. The van der Waals surface area contributed by atoms with Gasteiger partial charge < -0.3 is 10.1 Å². The van der Waals surface area contributed by atoms with Gasteiger partial charge in [-0.25, -0.2) is 4.98 Å². The Morgan fingerprint density at radius 1 is 1.26 bits per heavy atom. The van der Waals surface area contributed by atoms with Crippen molar-refractivity contribution in [2.24, 2.45) is 0 Å². The van der Waals surface area contributed by atoms with Gasteiger partial charge in [0, 0.05) is 24.7 Å². The second-order valence-electron chi connectivity index (χ2n) is 4.76. The Hall–Kier alpha value is -2.64. The minimum absolute atomic E-state index is 0.193. The Labute approximate surface area is 130 Å². The number of hydrogen-bond acceptors (Lipinski definition) is 4. The van der Waals surface area contributed by atoms with E-state index in [1.807, 2.05) is 6.92 Å². The predicted molar refractivity (Wildman–Crippen MR) is 75.9 cm³/mol. The molecule has 0 aliphatic rings. The van der Waals surface area contributed by atoms with Crippen LogP contribution >= 0.6 is 0 Å². The van der Waals surface area contributed by atoms with Gasteiger partial charge in [0.15, 0.2) is 6.61 Å². The van der Waals surface area contributed by atoms with Gasteiger partial charge in [-0.2, -0.15) is 13.2 Å². The highest BCUT2D eigenvalue weighted by Gasteiger charge is 2.28. The standard InChI is InChI=1S/C15H14F3N3O2/c1-10(11-4-6-19-7-5-11)21-14(22)12-2-3-13(20-8-12)23-9-15(16,17)18/h2-8,10H,9H2,1H3,(H,21,22)/t10-/m0/s1. The van der Waals surface area contributed by atoms with E-state index in [2.05, 4.69) is 20.0 Å². The first kappa shape index (κ1) is 16.7. The SMILES string of the molecule is C[C@H](NC(=O)c1ccc(OCC(F)(F)F)nc1)c1ccncc1. The normalized spacial score (nSPS) is 12.5. The first-order chi connectivity index (χ1) is 10.8. The summed E-state index contributed by atoms with van der Waals surface area (Å²) in [6, 6.07) is 5.88. The Bertz CT molecular complexity index is 645. The summed E-state index contributed by atoms with van der Waals surface area (Å²) in [5.74, 6) is -0.578. The molecular formula is C15H14F3N3O2. The molecule has 1 atom stereocenters. The number of carbonyl (C=O) groups excluding carboxylic acids is 1. The van der Waals surface area contributed by atoms with Crippen molar-refractivity contribution in [2.45, 2.75) is 19.1 Å². The van der Waals surface area contributed by atoms with Crippen LogP contribution < -0.4 is 10.1 Å². The lowest BCUT2D eigenvalue weighted by Crippen LogP contribution is -2.26. The van der Waals surface area contributed by atoms with Crippen molar-refractivity contribution in [1.82, 2.24) is 15.3 Å². The first-order valence-corrected chi connectivity index (χ1v) is 6.71. The summed E-state index contributed by atoms with van der Waals surface area (Å²) in [5.41, 5.74) is 1.11. The topological polar surface area (TPSA) is 64.1 Å². The first-order valence-electron chi connectivity index (χ1n) is 6.71. The van der Waals surface area contributed by atoms with E-state index in [-0.39, 0.29) is 23.4 Å². The molecule has 0 saturated carbocycles. The Kier molecular flexibility index (Phi) is 5.15. The van der Waals surface area contributed by atoms with E-state index >= 15 is 0 Å². The summed E-state index contributed by atoms with van der Waals surface area (Å²) in [7, 11) is 0. The van der Waals surface area contributed by atoms with Crippen molar-refractivity contribution in [1.29, 1.82) is 0 Å². The molecule has 0 aliphatic carbocycles. The van der Waals surface area contributed by atoms with Gasteiger partial charge in [-0.1, -0.05) is 0 Å². The fraction of sp³-hybridized carbons (Fsp3) is 0.267. The molecule has 0 unspecified atom stereocenters. The number of nitrogens with one attached hydrogen (secondary N) is 1. The van der Waals surface area contributed by atoms with Crippen LogP contribution in [0, 0.1) is 0 Å². The molecule has 0 bridgehead atoms. The summed E-state index contributed by atoms with van der Waals surface area (Å²) in [6.45, 7) is 0.381. The molecule has 23 heavy (non-hydrogen) atoms. The number of amides is 1. The van der Waals surface area contributed by atoms with Crippen LogP contribution in [-0.4, -0.2) is 28.7 Å². The van der Waals surface area contributed by atoms with Crippen molar-refractivity contribution in [3.05, 3.63) is 54.0 Å². The maximum atomic E-state index is 12.1. The molecule has 5 nitrogen and oxygen atoms in total. The van der Waals surface area contributed by atoms with E-state index in [4.69, 9.17) is 0 Å². The number of halogens is 3. The van der Waals surface area contributed by atoms with Crippen molar-refractivity contribution in [2.75, 3.05) is 6.61 Å². The highest BCUT2D eigenvalue weighted by atomic mass is 19.4. The van der Waals surface area contributed by atoms with Gasteiger partial charge in [0.1, 0.15) is 0 Å². The molecule has 0 fully saturated rings. The fourth-order valence-electron chi connectivity index (χ4n) is 1.77. The predicted octanol–water partition coefficient (Wildman–Crippen LogP) is 2.91. The molecule has 0 aromatic carbocycles. The lowest BCUT2D eigenvalue weighted by molar-refractivity contribution is -0.154. The van der Waals surface area contributed by atoms with Gasteiger partial charge in [0.05, 0.1) is 11.6 Å². The third kappa shape index (κ3) is 5.24. The van der Waals surface area contributed by atoms with Crippen LogP contribution in [0.5, 0.6) is 5.88 Å². The molecule has 122 valence electrons. The molecule has 2 aromatic rings. The van der Waals surface area contributed by atoms with E-state index in [9.17, 15) is 18.0 Å². The molecule has 1 N–H and O–H groups in total. The average molecular weight is 325 g/mol. The van der Waals surface area contributed by atoms with Crippen LogP contribution in [-0.2, 0) is 0 Å². The number of hydrogen-bond donors (Lipinski definition) is 1. The second kappa shape index (κ2) is 7.08. The number of carbonyl (C=O) groups is 1. The molecule has 0 spiro atoms. The van der Waals surface area contributed by atoms with Crippen LogP contribution in [0.3, 0.4) is 0 Å². The monoisotopic (exact) mass is 325 g/mol. The third-order valence-corrected chi connectivity index (χ3v) is 2.94. The van der Waals surface area contributed by atoms with Gasteiger partial charge >= 0.3 is 6.18 Å². The van der Waals surface area contributed by atoms with Gasteiger partial charge in [0.2, 0.25) is 5.88 Å². The smallest absolute Gasteiger partial charge is 0.422 e. The van der Waals surface area contributed by atoms with Crippen molar-refractivity contribution in [3.8, 4) is 5.88 Å². The van der Waals surface area contributed by atoms with E-state index in [1.165, 1.54) is 18.3 Å². The maximum absolute atomic E-state index is 12.1. The number of aromatic nitrogens is 2. The van der Waals surface area contributed by atoms with Crippen LogP contribution in [0.2, 0.25) is 0 Å². The molecule has 0 aliphatic heterocycles. The number of nitrogens with zero attached hydrogens (tertiary/aromatic N) is 2. The highest BCUT2D eigenvalue weighted by molar-refractivity contribution is 5.94. The van der Waals surface area contributed by atoms with Crippen LogP contribution in [0.1, 0.15) is 28.9 Å². The maximum Gasteiger partial charge on any atom is 0.422 e. The molecule has 2 rings (SSSR count).